The molecular weight excluding hydrogens is 240 g/mol. The van der Waals surface area contributed by atoms with Crippen molar-refractivity contribution in [3.05, 3.63) is 37.4 Å². The van der Waals surface area contributed by atoms with Gasteiger partial charge in [-0.3, -0.25) is 18.7 Å². The summed E-state index contributed by atoms with van der Waals surface area (Å²) in [6.07, 6.45) is 1.04. The third-order valence-electron chi connectivity index (χ3n) is 2.82. The van der Waals surface area contributed by atoms with E-state index >= 15 is 0 Å². The van der Waals surface area contributed by atoms with E-state index in [1.807, 2.05) is 0 Å². The van der Waals surface area contributed by atoms with Crippen LogP contribution in [0, 0.1) is 0 Å². The molecule has 0 spiro atoms. The van der Waals surface area contributed by atoms with Gasteiger partial charge in [0.05, 0.1) is 0 Å². The summed E-state index contributed by atoms with van der Waals surface area (Å²) < 4.78 is 3.23. The average Bonchev–Trinajstić information content (AvgIpc) is 2.75. The number of aromatic amines is 1. The lowest BCUT2D eigenvalue weighted by Gasteiger charge is -2.01. The Hall–Kier alpha value is -2.71. The van der Waals surface area contributed by atoms with Crippen LogP contribution in [0.2, 0.25) is 0 Å². The Labute approximate surface area is 97.9 Å². The quantitative estimate of drug-likeness (QED) is 0.493. The lowest BCUT2D eigenvalue weighted by atomic mass is 10.5. The Morgan fingerprint density at radius 2 is 1.89 bits per heavy atom. The minimum absolute atomic E-state index is 0.0539. The lowest BCUT2D eigenvalue weighted by molar-refractivity contribution is 0.707. The first kappa shape index (κ1) is 10.4. The normalized spacial score (nSPS) is 11.4. The number of H-pyrrole nitrogens is 1. The lowest BCUT2D eigenvalue weighted by Crippen LogP contribution is -2.37. The molecule has 3 aromatic heterocycles. The maximum Gasteiger partial charge on any atom is 0.332 e. The van der Waals surface area contributed by atoms with Crippen molar-refractivity contribution in [2.75, 3.05) is 0 Å². The molecule has 0 aliphatic carbocycles. The van der Waals surface area contributed by atoms with Gasteiger partial charge in [0, 0.05) is 14.1 Å². The number of aryl methyl sites for hydroxylation is 1. The molecule has 9 nitrogen and oxygen atoms in total. The summed E-state index contributed by atoms with van der Waals surface area (Å²) in [7, 11) is 2.83. The summed E-state index contributed by atoms with van der Waals surface area (Å²) in [6, 6.07) is 0. The predicted molar refractivity (Wildman–Crippen MR) is 61.6 cm³/mol. The third kappa shape index (κ3) is 1.07. The van der Waals surface area contributed by atoms with Crippen molar-refractivity contribution in [3.63, 3.8) is 0 Å². The monoisotopic (exact) mass is 248 g/mol. The molecule has 0 radical (unpaired) electrons. The van der Waals surface area contributed by atoms with E-state index in [1.54, 1.807) is 0 Å². The van der Waals surface area contributed by atoms with E-state index in [-0.39, 0.29) is 16.9 Å². The highest BCUT2D eigenvalue weighted by Crippen LogP contribution is 2.05. The van der Waals surface area contributed by atoms with Crippen molar-refractivity contribution in [1.29, 1.82) is 0 Å². The predicted octanol–water partition coefficient (Wildman–Crippen LogP) is -2.03. The zero-order chi connectivity index (χ0) is 13.0. The number of nitrogens with one attached hydrogen (secondary N) is 1. The van der Waals surface area contributed by atoms with Crippen LogP contribution in [-0.2, 0) is 14.1 Å². The first-order valence-electron chi connectivity index (χ1n) is 5.04. The van der Waals surface area contributed by atoms with E-state index in [0.29, 0.717) is 0 Å². The van der Waals surface area contributed by atoms with Crippen molar-refractivity contribution in [3.8, 4) is 0 Å². The van der Waals surface area contributed by atoms with E-state index in [4.69, 9.17) is 0 Å². The molecule has 0 bridgehead atoms. The number of rotatable bonds is 0. The minimum atomic E-state index is -0.572. The van der Waals surface area contributed by atoms with Gasteiger partial charge < -0.3 is 0 Å². The first-order chi connectivity index (χ1) is 8.52. The Bertz CT molecular complexity index is 956. The summed E-state index contributed by atoms with van der Waals surface area (Å²) in [4.78, 5) is 39.5. The molecule has 0 aliphatic heterocycles. The fourth-order valence-corrected chi connectivity index (χ4v) is 1.89. The summed E-state index contributed by atoms with van der Waals surface area (Å²) in [5.41, 5.74) is -1.36. The van der Waals surface area contributed by atoms with Crippen molar-refractivity contribution >= 4 is 16.9 Å². The molecule has 18 heavy (non-hydrogen) atoms. The van der Waals surface area contributed by atoms with Gasteiger partial charge >= 0.3 is 5.69 Å². The van der Waals surface area contributed by atoms with E-state index < -0.39 is 16.8 Å². The highest BCUT2D eigenvalue weighted by molar-refractivity contribution is 5.74. The number of hydrogen-bond acceptors (Lipinski definition) is 5. The number of nitrogens with zero attached hydrogens (tertiary/aromatic N) is 5. The first-order valence-corrected chi connectivity index (χ1v) is 5.04. The van der Waals surface area contributed by atoms with E-state index in [2.05, 4.69) is 15.2 Å². The van der Waals surface area contributed by atoms with Gasteiger partial charge in [0.25, 0.3) is 11.1 Å². The Balaban J connectivity index is 2.84. The largest absolute Gasteiger partial charge is 0.332 e. The van der Waals surface area contributed by atoms with Crippen LogP contribution in [0.4, 0.5) is 0 Å². The molecule has 3 heterocycles. The molecule has 0 fully saturated rings. The maximum atomic E-state index is 12.0. The smallest absolute Gasteiger partial charge is 0.279 e. The van der Waals surface area contributed by atoms with Gasteiger partial charge in [-0.1, -0.05) is 0 Å². The molecule has 1 N–H and O–H groups in total. The van der Waals surface area contributed by atoms with Crippen LogP contribution in [0.3, 0.4) is 0 Å². The molecule has 0 saturated carbocycles. The van der Waals surface area contributed by atoms with Gasteiger partial charge in [-0.25, -0.2) is 14.3 Å². The van der Waals surface area contributed by atoms with Gasteiger partial charge in [-0.2, -0.15) is 10.1 Å². The molecule has 3 aromatic rings. The average molecular weight is 248 g/mol. The molecule has 0 aromatic carbocycles. The van der Waals surface area contributed by atoms with E-state index in [9.17, 15) is 14.4 Å². The SMILES string of the molecule is Cn1c(=O)c2c(nc3[nH]ncc(=O)n32)n(C)c1=O. The third-order valence-corrected chi connectivity index (χ3v) is 2.82. The van der Waals surface area contributed by atoms with Crippen molar-refractivity contribution in [1.82, 2.24) is 28.7 Å². The zero-order valence-electron chi connectivity index (χ0n) is 9.54. The fraction of sp³-hybridized carbons (Fsp3) is 0.222. The van der Waals surface area contributed by atoms with Gasteiger partial charge in [0.1, 0.15) is 6.20 Å². The highest BCUT2D eigenvalue weighted by atomic mass is 16.2. The van der Waals surface area contributed by atoms with Gasteiger partial charge in [-0.15, -0.1) is 0 Å². The van der Waals surface area contributed by atoms with Crippen LogP contribution in [0.15, 0.2) is 20.6 Å². The van der Waals surface area contributed by atoms with E-state index in [0.717, 1.165) is 15.2 Å². The standard InChI is InChI=1S/C9H8N6O3/c1-13-6-5(7(17)14(2)9(13)18)15-4(16)3-10-12-8(15)11-6/h3H,1-2H3,(H,11,12). The second-order valence-corrected chi connectivity index (χ2v) is 3.86. The van der Waals surface area contributed by atoms with Crippen LogP contribution in [-0.4, -0.2) is 28.7 Å². The summed E-state index contributed by atoms with van der Waals surface area (Å²) in [5, 5.41) is 6.11. The second kappa shape index (κ2) is 3.15. The van der Waals surface area contributed by atoms with Crippen LogP contribution < -0.4 is 16.8 Å². The molecule has 9 heteroatoms. The van der Waals surface area contributed by atoms with Crippen molar-refractivity contribution in [2.45, 2.75) is 0 Å². The Kier molecular flexibility index (Phi) is 1.83. The molecular formula is C9H8N6O3. The number of hydrogen-bond donors (Lipinski definition) is 1. The minimum Gasteiger partial charge on any atom is -0.279 e. The zero-order valence-corrected chi connectivity index (χ0v) is 9.54. The number of aromatic nitrogens is 6. The summed E-state index contributed by atoms with van der Waals surface area (Å²) in [5.74, 6) is 0.121. The molecule has 0 aliphatic rings. The van der Waals surface area contributed by atoms with Crippen LogP contribution >= 0.6 is 0 Å². The topological polar surface area (TPSA) is 107 Å². The Morgan fingerprint density at radius 3 is 2.61 bits per heavy atom. The summed E-state index contributed by atoms with van der Waals surface area (Å²) >= 11 is 0. The van der Waals surface area contributed by atoms with Gasteiger partial charge in [-0.05, 0) is 0 Å². The van der Waals surface area contributed by atoms with Crippen LogP contribution in [0.5, 0.6) is 0 Å². The van der Waals surface area contributed by atoms with E-state index in [1.165, 1.54) is 18.7 Å². The molecule has 3 rings (SSSR count). The van der Waals surface area contributed by atoms with Crippen molar-refractivity contribution in [2.24, 2.45) is 14.1 Å². The summed E-state index contributed by atoms with van der Waals surface area (Å²) in [6.45, 7) is 0. The fourth-order valence-electron chi connectivity index (χ4n) is 1.89. The molecule has 0 amide bonds. The maximum absolute atomic E-state index is 12.0. The van der Waals surface area contributed by atoms with Crippen LogP contribution in [0.25, 0.3) is 16.9 Å². The van der Waals surface area contributed by atoms with Gasteiger partial charge in [0.2, 0.25) is 5.78 Å². The number of fused-ring (bicyclic) bond motifs is 3. The molecule has 0 saturated heterocycles. The molecule has 92 valence electrons. The Morgan fingerprint density at radius 1 is 1.17 bits per heavy atom. The number of imidazole rings is 1. The highest BCUT2D eigenvalue weighted by Gasteiger charge is 2.16. The molecule has 0 atom stereocenters. The van der Waals surface area contributed by atoms with Gasteiger partial charge in [0.15, 0.2) is 11.2 Å². The van der Waals surface area contributed by atoms with Crippen LogP contribution in [0.1, 0.15) is 0 Å². The molecule has 0 unspecified atom stereocenters. The van der Waals surface area contributed by atoms with Crippen molar-refractivity contribution < 1.29 is 0 Å². The second-order valence-electron chi connectivity index (χ2n) is 3.86.